The molecular weight excluding hydrogens is 240 g/mol. The maximum absolute atomic E-state index is 11.8. The molecular formula is C8H13F6NO. The molecule has 0 aliphatic carbocycles. The molecule has 0 saturated carbocycles. The average molecular weight is 253 g/mol. The van der Waals surface area contributed by atoms with Crippen molar-refractivity contribution >= 4 is 0 Å². The maximum Gasteiger partial charge on any atom is 0.411 e. The minimum atomic E-state index is -4.41. The molecule has 0 spiro atoms. The van der Waals surface area contributed by atoms with Gasteiger partial charge < -0.3 is 10.1 Å². The van der Waals surface area contributed by atoms with Crippen molar-refractivity contribution in [3.63, 3.8) is 0 Å². The van der Waals surface area contributed by atoms with Crippen LogP contribution in [0.5, 0.6) is 0 Å². The van der Waals surface area contributed by atoms with E-state index in [4.69, 9.17) is 0 Å². The Morgan fingerprint density at radius 3 is 2.06 bits per heavy atom. The molecule has 2 nitrogen and oxygen atoms in total. The summed E-state index contributed by atoms with van der Waals surface area (Å²) in [6.45, 7) is -0.408. The monoisotopic (exact) mass is 253 g/mol. The Labute approximate surface area is 89.0 Å². The van der Waals surface area contributed by atoms with Crippen LogP contribution in [0.4, 0.5) is 26.3 Å². The summed E-state index contributed by atoms with van der Waals surface area (Å²) in [7, 11) is 0. The molecule has 0 aromatic heterocycles. The van der Waals surface area contributed by atoms with E-state index in [9.17, 15) is 26.3 Å². The summed E-state index contributed by atoms with van der Waals surface area (Å²) in [6.07, 6.45) is -9.71. The number of hydrogen-bond acceptors (Lipinski definition) is 2. The Bertz CT molecular complexity index is 190. The summed E-state index contributed by atoms with van der Waals surface area (Å²) < 4.78 is 74.4. The zero-order valence-corrected chi connectivity index (χ0v) is 8.58. The molecule has 0 rings (SSSR count). The minimum absolute atomic E-state index is 0.0483. The molecule has 8 heteroatoms. The van der Waals surface area contributed by atoms with Gasteiger partial charge in [-0.05, 0) is 6.92 Å². The molecule has 16 heavy (non-hydrogen) atoms. The van der Waals surface area contributed by atoms with E-state index in [-0.39, 0.29) is 13.2 Å². The molecule has 0 amide bonds. The quantitative estimate of drug-likeness (QED) is 0.580. The highest BCUT2D eigenvalue weighted by atomic mass is 19.4. The van der Waals surface area contributed by atoms with E-state index in [0.29, 0.717) is 0 Å². The first-order valence-electron chi connectivity index (χ1n) is 4.55. The third kappa shape index (κ3) is 11.6. The highest BCUT2D eigenvalue weighted by molar-refractivity contribution is 4.65. The van der Waals surface area contributed by atoms with Crippen LogP contribution in [0.15, 0.2) is 0 Å². The summed E-state index contributed by atoms with van der Waals surface area (Å²) >= 11 is 0. The fraction of sp³-hybridized carbons (Fsp3) is 1.00. The molecule has 0 bridgehead atoms. The predicted molar refractivity (Wildman–Crippen MR) is 45.0 cm³/mol. The number of nitrogens with one attached hydrogen (secondary N) is 1. The van der Waals surface area contributed by atoms with Crippen LogP contribution in [0, 0.1) is 0 Å². The van der Waals surface area contributed by atoms with E-state index in [1.807, 2.05) is 0 Å². The molecule has 0 aromatic carbocycles. The molecule has 0 fully saturated rings. The van der Waals surface area contributed by atoms with Crippen LogP contribution in [0.3, 0.4) is 0 Å². The van der Waals surface area contributed by atoms with Crippen molar-refractivity contribution in [3.8, 4) is 0 Å². The Morgan fingerprint density at radius 1 is 1.06 bits per heavy atom. The Kier molecular flexibility index (Phi) is 6.09. The van der Waals surface area contributed by atoms with Crippen LogP contribution < -0.4 is 5.32 Å². The summed E-state index contributed by atoms with van der Waals surface area (Å²) in [5, 5.41) is 2.41. The lowest BCUT2D eigenvalue weighted by Crippen LogP contribution is -2.34. The number of rotatable bonds is 6. The minimum Gasteiger partial charge on any atom is -0.371 e. The molecule has 1 atom stereocenters. The lowest BCUT2D eigenvalue weighted by molar-refractivity contribution is -0.173. The summed E-state index contributed by atoms with van der Waals surface area (Å²) in [5.41, 5.74) is 0. The highest BCUT2D eigenvalue weighted by Gasteiger charge is 2.30. The normalized spacial score (nSPS) is 15.2. The van der Waals surface area contributed by atoms with Gasteiger partial charge in [-0.1, -0.05) is 0 Å². The molecule has 1 N–H and O–H groups in total. The lowest BCUT2D eigenvalue weighted by Gasteiger charge is -2.15. The van der Waals surface area contributed by atoms with Gasteiger partial charge in [0, 0.05) is 12.6 Å². The van der Waals surface area contributed by atoms with E-state index in [1.54, 1.807) is 0 Å². The van der Waals surface area contributed by atoms with Gasteiger partial charge in [0.2, 0.25) is 0 Å². The number of alkyl halides is 6. The van der Waals surface area contributed by atoms with Crippen LogP contribution in [-0.2, 0) is 4.74 Å². The van der Waals surface area contributed by atoms with Crippen molar-refractivity contribution in [2.24, 2.45) is 0 Å². The van der Waals surface area contributed by atoms with Gasteiger partial charge in [0.1, 0.15) is 6.61 Å². The molecule has 0 aromatic rings. The van der Waals surface area contributed by atoms with E-state index >= 15 is 0 Å². The zero-order valence-electron chi connectivity index (χ0n) is 8.58. The van der Waals surface area contributed by atoms with Crippen molar-refractivity contribution in [1.82, 2.24) is 5.32 Å². The van der Waals surface area contributed by atoms with E-state index < -0.39 is 31.4 Å². The van der Waals surface area contributed by atoms with Gasteiger partial charge in [0.25, 0.3) is 0 Å². The largest absolute Gasteiger partial charge is 0.411 e. The van der Waals surface area contributed by atoms with Crippen molar-refractivity contribution in [3.05, 3.63) is 0 Å². The molecule has 1 unspecified atom stereocenters. The van der Waals surface area contributed by atoms with Crippen LogP contribution in [-0.4, -0.2) is 38.2 Å². The summed E-state index contributed by atoms with van der Waals surface area (Å²) in [6, 6.07) is -0.838. The van der Waals surface area contributed by atoms with E-state index in [0.717, 1.165) is 0 Å². The first-order chi connectivity index (χ1) is 7.10. The van der Waals surface area contributed by atoms with Crippen molar-refractivity contribution in [2.45, 2.75) is 31.7 Å². The van der Waals surface area contributed by atoms with Gasteiger partial charge in [0.15, 0.2) is 0 Å². The van der Waals surface area contributed by atoms with Crippen LogP contribution in [0.1, 0.15) is 13.3 Å². The van der Waals surface area contributed by atoms with E-state index in [2.05, 4.69) is 10.1 Å². The fourth-order valence-electron chi connectivity index (χ4n) is 0.985. The molecule has 0 aliphatic rings. The van der Waals surface area contributed by atoms with Gasteiger partial charge in [-0.15, -0.1) is 0 Å². The van der Waals surface area contributed by atoms with Crippen LogP contribution in [0.25, 0.3) is 0 Å². The second kappa shape index (κ2) is 6.29. The smallest absolute Gasteiger partial charge is 0.371 e. The van der Waals surface area contributed by atoms with Gasteiger partial charge in [-0.25, -0.2) is 0 Å². The lowest BCUT2D eigenvalue weighted by atomic mass is 10.2. The Balaban J connectivity index is 3.45. The SMILES string of the molecule is CC(CC(F)(F)F)NCCOCC(F)(F)F. The van der Waals surface area contributed by atoms with Gasteiger partial charge in [-0.2, -0.15) is 26.3 Å². The van der Waals surface area contributed by atoms with Crippen molar-refractivity contribution in [2.75, 3.05) is 19.8 Å². The maximum atomic E-state index is 11.8. The van der Waals surface area contributed by atoms with Crippen LogP contribution >= 0.6 is 0 Å². The second-order valence-corrected chi connectivity index (χ2v) is 3.34. The Hall–Kier alpha value is -0.500. The third-order valence-corrected chi connectivity index (χ3v) is 1.54. The molecule has 0 radical (unpaired) electrons. The highest BCUT2D eigenvalue weighted by Crippen LogP contribution is 2.21. The first-order valence-corrected chi connectivity index (χ1v) is 4.55. The average Bonchev–Trinajstić information content (AvgIpc) is 1.97. The van der Waals surface area contributed by atoms with Crippen molar-refractivity contribution in [1.29, 1.82) is 0 Å². The third-order valence-electron chi connectivity index (χ3n) is 1.54. The Morgan fingerprint density at radius 2 is 1.62 bits per heavy atom. The van der Waals surface area contributed by atoms with E-state index in [1.165, 1.54) is 6.92 Å². The fourth-order valence-corrected chi connectivity index (χ4v) is 0.985. The molecule has 0 heterocycles. The molecule has 98 valence electrons. The topological polar surface area (TPSA) is 21.3 Å². The van der Waals surface area contributed by atoms with Gasteiger partial charge >= 0.3 is 12.4 Å². The van der Waals surface area contributed by atoms with Gasteiger partial charge in [-0.3, -0.25) is 0 Å². The number of ether oxygens (including phenoxy) is 1. The molecule has 0 saturated heterocycles. The molecule has 0 aliphatic heterocycles. The predicted octanol–water partition coefficient (Wildman–Crippen LogP) is 2.50. The van der Waals surface area contributed by atoms with Crippen LogP contribution in [0.2, 0.25) is 0 Å². The summed E-state index contributed by atoms with van der Waals surface area (Å²) in [4.78, 5) is 0. The van der Waals surface area contributed by atoms with Gasteiger partial charge in [0.05, 0.1) is 13.0 Å². The number of halogens is 6. The first kappa shape index (κ1) is 15.5. The number of hydrogen-bond donors (Lipinski definition) is 1. The standard InChI is InChI=1S/C8H13F6NO/c1-6(4-7(9,10)11)15-2-3-16-5-8(12,13)14/h6,15H,2-5H2,1H3. The van der Waals surface area contributed by atoms with Crippen molar-refractivity contribution < 1.29 is 31.1 Å². The second-order valence-electron chi connectivity index (χ2n) is 3.34. The summed E-state index contributed by atoms with van der Waals surface area (Å²) in [5.74, 6) is 0. The zero-order chi connectivity index (χ0) is 12.8.